The first-order valence-corrected chi connectivity index (χ1v) is 7.42. The minimum Gasteiger partial charge on any atom is -0.382 e. The summed E-state index contributed by atoms with van der Waals surface area (Å²) < 4.78 is 28.5. The summed E-state index contributed by atoms with van der Waals surface area (Å²) in [7, 11) is 1.53. The van der Waals surface area contributed by atoms with Gasteiger partial charge >= 0.3 is 0 Å². The Morgan fingerprint density at radius 3 is 2.94 bits per heavy atom. The van der Waals surface area contributed by atoms with Crippen LogP contribution in [0, 0.1) is 3.70 Å². The third-order valence-corrected chi connectivity index (χ3v) is 3.58. The Balaban J connectivity index is 2.22. The van der Waals surface area contributed by atoms with Crippen LogP contribution in [0.25, 0.3) is 5.65 Å². The predicted octanol–water partition coefficient (Wildman–Crippen LogP) is 3.37. The smallest absolute Gasteiger partial charge is 0.260 e. The van der Waals surface area contributed by atoms with Gasteiger partial charge in [0, 0.05) is 13.0 Å². The van der Waals surface area contributed by atoms with E-state index in [4.69, 9.17) is 0 Å². The van der Waals surface area contributed by atoms with E-state index in [1.807, 2.05) is 0 Å². The molecular weight excluding hydrogens is 440 g/mol. The molecule has 0 saturated carbocycles. The molecule has 0 aromatic carbocycles. The van der Waals surface area contributed by atoms with E-state index in [0.717, 1.165) is 3.70 Å². The van der Waals surface area contributed by atoms with Gasteiger partial charge in [0.15, 0.2) is 5.65 Å². The van der Waals surface area contributed by atoms with Crippen molar-refractivity contribution in [3.8, 4) is 0 Å². The molecule has 2 rings (SSSR count). The molecule has 0 aliphatic rings. The zero-order chi connectivity index (χ0) is 13.3. The van der Waals surface area contributed by atoms with E-state index in [2.05, 4.69) is 53.9 Å². The Labute approximate surface area is 126 Å². The summed E-state index contributed by atoms with van der Waals surface area (Å²) in [5.74, 6) is 0. The van der Waals surface area contributed by atoms with E-state index in [1.165, 1.54) is 9.24 Å². The fraction of sp³-hybridized carbons (Fsp3) is 0.333. The molecule has 2 aromatic rings. The average molecular weight is 449 g/mol. The van der Waals surface area contributed by atoms with Crippen LogP contribution in [0.15, 0.2) is 16.9 Å². The minimum atomic E-state index is -2.75. The lowest BCUT2D eigenvalue weighted by Crippen LogP contribution is -2.13. The third-order valence-electron chi connectivity index (χ3n) is 2.17. The van der Waals surface area contributed by atoms with Gasteiger partial charge in [0.25, 0.3) is 5.66 Å². The first kappa shape index (κ1) is 14.3. The normalized spacial score (nSPS) is 12.1. The van der Waals surface area contributed by atoms with Gasteiger partial charge in [0.1, 0.15) is 8.30 Å². The van der Waals surface area contributed by atoms with Gasteiger partial charge in [0.05, 0.1) is 11.9 Å². The molecule has 18 heavy (non-hydrogen) atoms. The molecule has 0 aliphatic carbocycles. The van der Waals surface area contributed by atoms with Gasteiger partial charge in [-0.05, 0) is 44.6 Å². The van der Waals surface area contributed by atoms with Gasteiger partial charge in [-0.2, -0.15) is 5.10 Å². The number of nitrogens with zero attached hydrogens (tertiary/aromatic N) is 3. The summed E-state index contributed by atoms with van der Waals surface area (Å²) >= 11 is 5.38. The Morgan fingerprint density at radius 1 is 1.56 bits per heavy atom. The number of hydrogen-bond donors (Lipinski definition) is 1. The van der Waals surface area contributed by atoms with Crippen LogP contribution in [0.3, 0.4) is 0 Å². The lowest BCUT2D eigenvalue weighted by atomic mass is 10.4. The van der Waals surface area contributed by atoms with E-state index in [9.17, 15) is 8.78 Å². The Kier molecular flexibility index (Phi) is 4.38. The van der Waals surface area contributed by atoms with E-state index in [1.54, 1.807) is 16.8 Å². The van der Waals surface area contributed by atoms with Gasteiger partial charge in [0.2, 0.25) is 0 Å². The molecule has 0 bridgehead atoms. The number of aromatic nitrogens is 3. The Bertz CT molecular complexity index is 571. The molecule has 0 amide bonds. The fourth-order valence-electron chi connectivity index (χ4n) is 1.41. The minimum absolute atomic E-state index is 0.159. The monoisotopic (exact) mass is 448 g/mol. The number of alkyl halides is 2. The van der Waals surface area contributed by atoms with Crippen LogP contribution >= 0.6 is 47.8 Å². The molecule has 0 aliphatic heterocycles. The lowest BCUT2D eigenvalue weighted by molar-refractivity contribution is 0.0985. The molecular formula is C9H9BrF2IN4P. The summed E-state index contributed by atoms with van der Waals surface area (Å²) in [4.78, 5) is 4.19. The highest BCUT2D eigenvalue weighted by atomic mass is 127. The zero-order valence-corrected chi connectivity index (χ0v) is 13.9. The van der Waals surface area contributed by atoms with Crippen molar-refractivity contribution in [1.29, 1.82) is 0 Å². The standard InChI is InChI=1S/C9H9BrF2IN4P/c10-6-3-5(14-2-1-9(11,12)18)8-15-4-7(13)17(8)16-6/h3-4,14H,1-2,18H2. The maximum atomic E-state index is 12.7. The van der Waals surface area contributed by atoms with Crippen molar-refractivity contribution in [2.45, 2.75) is 12.1 Å². The Hall–Kier alpha value is -0.0800. The number of nitrogens with one attached hydrogen (secondary N) is 1. The number of hydrogen-bond acceptors (Lipinski definition) is 3. The highest BCUT2D eigenvalue weighted by Crippen LogP contribution is 2.27. The number of imidazole rings is 1. The molecule has 1 atom stereocenters. The molecule has 0 saturated heterocycles. The molecule has 4 nitrogen and oxygen atoms in total. The third kappa shape index (κ3) is 3.48. The van der Waals surface area contributed by atoms with Crippen LogP contribution in [0.5, 0.6) is 0 Å². The maximum absolute atomic E-state index is 12.7. The van der Waals surface area contributed by atoms with Crippen LogP contribution in [-0.2, 0) is 0 Å². The number of halogens is 4. The molecule has 98 valence electrons. The van der Waals surface area contributed by atoms with Crippen molar-refractivity contribution in [1.82, 2.24) is 14.6 Å². The highest BCUT2D eigenvalue weighted by molar-refractivity contribution is 14.1. The molecule has 2 heterocycles. The SMILES string of the molecule is FC(F)(P)CCNc1cc(Br)nn2c(I)cnc12. The second-order valence-corrected chi connectivity index (χ2v) is 6.40. The highest BCUT2D eigenvalue weighted by Gasteiger charge is 2.20. The maximum Gasteiger partial charge on any atom is 0.260 e. The molecule has 0 radical (unpaired) electrons. The quantitative estimate of drug-likeness (QED) is 0.576. The average Bonchev–Trinajstić information content (AvgIpc) is 2.59. The van der Waals surface area contributed by atoms with E-state index < -0.39 is 5.66 Å². The van der Waals surface area contributed by atoms with Gasteiger partial charge in [-0.3, -0.25) is 0 Å². The summed E-state index contributed by atoms with van der Waals surface area (Å²) in [6, 6.07) is 1.72. The predicted molar refractivity (Wildman–Crippen MR) is 81.2 cm³/mol. The van der Waals surface area contributed by atoms with Crippen LogP contribution in [0.2, 0.25) is 0 Å². The van der Waals surface area contributed by atoms with Crippen molar-refractivity contribution in [3.05, 3.63) is 20.6 Å². The van der Waals surface area contributed by atoms with Crippen LogP contribution < -0.4 is 5.32 Å². The second-order valence-electron chi connectivity index (χ2n) is 3.63. The molecule has 9 heteroatoms. The van der Waals surface area contributed by atoms with Crippen LogP contribution in [0.4, 0.5) is 14.5 Å². The first-order valence-electron chi connectivity index (χ1n) is 4.97. The lowest BCUT2D eigenvalue weighted by Gasteiger charge is -2.12. The van der Waals surface area contributed by atoms with Crippen LogP contribution in [0.1, 0.15) is 6.42 Å². The van der Waals surface area contributed by atoms with Gasteiger partial charge in [-0.15, -0.1) is 0 Å². The zero-order valence-electron chi connectivity index (χ0n) is 9.00. The summed E-state index contributed by atoms with van der Waals surface area (Å²) in [6.45, 7) is 0.159. The Morgan fingerprint density at radius 2 is 2.28 bits per heavy atom. The summed E-state index contributed by atoms with van der Waals surface area (Å²) in [5.41, 5.74) is -1.46. The topological polar surface area (TPSA) is 42.2 Å². The van der Waals surface area contributed by atoms with Crippen LogP contribution in [-0.4, -0.2) is 26.8 Å². The summed E-state index contributed by atoms with van der Waals surface area (Å²) in [5, 5.41) is 7.17. The number of fused-ring (bicyclic) bond motifs is 1. The van der Waals surface area contributed by atoms with Crippen molar-refractivity contribution < 1.29 is 8.78 Å². The van der Waals surface area contributed by atoms with Crippen molar-refractivity contribution in [2.75, 3.05) is 11.9 Å². The largest absolute Gasteiger partial charge is 0.382 e. The number of rotatable bonds is 4. The molecule has 2 aromatic heterocycles. The molecule has 1 unspecified atom stereocenters. The van der Waals surface area contributed by atoms with Gasteiger partial charge in [-0.25, -0.2) is 18.3 Å². The molecule has 1 N–H and O–H groups in total. The van der Waals surface area contributed by atoms with E-state index >= 15 is 0 Å². The van der Waals surface area contributed by atoms with E-state index in [-0.39, 0.29) is 13.0 Å². The fourth-order valence-corrected chi connectivity index (χ4v) is 2.41. The molecule has 0 fully saturated rings. The number of anilines is 1. The van der Waals surface area contributed by atoms with Crippen molar-refractivity contribution >= 4 is 59.1 Å². The van der Waals surface area contributed by atoms with E-state index in [0.29, 0.717) is 15.9 Å². The molecule has 0 spiro atoms. The second kappa shape index (κ2) is 5.50. The first-order chi connectivity index (χ1) is 8.37. The van der Waals surface area contributed by atoms with Crippen molar-refractivity contribution in [3.63, 3.8) is 0 Å². The summed E-state index contributed by atoms with van der Waals surface area (Å²) in [6.07, 6.45) is 1.41. The van der Waals surface area contributed by atoms with Gasteiger partial charge < -0.3 is 5.32 Å². The van der Waals surface area contributed by atoms with Gasteiger partial charge in [-0.1, -0.05) is 9.24 Å². The van der Waals surface area contributed by atoms with Crippen molar-refractivity contribution in [2.24, 2.45) is 0 Å².